The Balaban J connectivity index is 2.20. The average molecular weight is 241 g/mol. The molecule has 1 fully saturated rings. The quantitative estimate of drug-likeness (QED) is 0.878. The first kappa shape index (κ1) is 12.3. The molecule has 4 heteroatoms. The van der Waals surface area contributed by atoms with Crippen molar-refractivity contribution in [3.8, 4) is 5.75 Å². The molecular weight excluding hydrogens is 224 g/mol. The maximum absolute atomic E-state index is 13.7. The van der Waals surface area contributed by atoms with Gasteiger partial charge >= 0.3 is 0 Å². The predicted octanol–water partition coefficient (Wildman–Crippen LogP) is 2.66. The van der Waals surface area contributed by atoms with E-state index in [-0.39, 0.29) is 6.04 Å². The van der Waals surface area contributed by atoms with Crippen molar-refractivity contribution in [1.29, 1.82) is 0 Å². The molecule has 1 aromatic rings. The molecule has 1 saturated heterocycles. The zero-order chi connectivity index (χ0) is 12.3. The Morgan fingerprint density at radius 3 is 2.82 bits per heavy atom. The molecule has 1 heterocycles. The molecule has 1 atom stereocenters. The molecule has 0 amide bonds. The molecule has 0 aromatic heterocycles. The molecule has 0 aliphatic carbocycles. The maximum Gasteiger partial charge on any atom is 0.165 e. The summed E-state index contributed by atoms with van der Waals surface area (Å²) in [6, 6.07) is 2.80. The third-order valence-corrected chi connectivity index (χ3v) is 3.24. The van der Waals surface area contributed by atoms with Gasteiger partial charge in [0.2, 0.25) is 0 Å². The van der Waals surface area contributed by atoms with Gasteiger partial charge in [-0.15, -0.1) is 0 Å². The van der Waals surface area contributed by atoms with Crippen LogP contribution in [0, 0.1) is 11.6 Å². The minimum absolute atomic E-state index is 0.217. The lowest BCUT2D eigenvalue weighted by molar-refractivity contribution is 0.369. The van der Waals surface area contributed by atoms with Gasteiger partial charge in [0, 0.05) is 11.6 Å². The molecule has 94 valence electrons. The van der Waals surface area contributed by atoms with Gasteiger partial charge in [-0.2, -0.15) is 0 Å². The number of hydrogen-bond donors (Lipinski definition) is 1. The molecule has 0 radical (unpaired) electrons. The van der Waals surface area contributed by atoms with Crippen molar-refractivity contribution in [2.75, 3.05) is 13.7 Å². The van der Waals surface area contributed by atoms with E-state index in [1.165, 1.54) is 13.2 Å². The number of ether oxygens (including phenoxy) is 1. The van der Waals surface area contributed by atoms with Gasteiger partial charge in [-0.25, -0.2) is 8.78 Å². The van der Waals surface area contributed by atoms with Crippen LogP contribution in [-0.4, -0.2) is 19.7 Å². The fourth-order valence-electron chi connectivity index (χ4n) is 2.30. The minimum atomic E-state index is -0.809. The van der Waals surface area contributed by atoms with E-state index in [4.69, 9.17) is 4.74 Å². The van der Waals surface area contributed by atoms with Gasteiger partial charge in [-0.1, -0.05) is 6.42 Å². The van der Waals surface area contributed by atoms with Crippen molar-refractivity contribution in [3.63, 3.8) is 0 Å². The lowest BCUT2D eigenvalue weighted by atomic mass is 9.97. The molecule has 2 rings (SSSR count). The Bertz CT molecular complexity index is 389. The SMILES string of the molecule is COc1ccc(F)c(F)c1CC1CCCCN1. The van der Waals surface area contributed by atoms with Crippen LogP contribution in [0.15, 0.2) is 12.1 Å². The number of piperidine rings is 1. The van der Waals surface area contributed by atoms with E-state index >= 15 is 0 Å². The topological polar surface area (TPSA) is 21.3 Å². The summed E-state index contributed by atoms with van der Waals surface area (Å²) < 4.78 is 32.0. The fourth-order valence-corrected chi connectivity index (χ4v) is 2.30. The predicted molar refractivity (Wildman–Crippen MR) is 62.3 cm³/mol. The second-order valence-electron chi connectivity index (χ2n) is 4.39. The van der Waals surface area contributed by atoms with Gasteiger partial charge in [0.25, 0.3) is 0 Å². The van der Waals surface area contributed by atoms with Gasteiger partial charge in [-0.05, 0) is 37.9 Å². The van der Waals surface area contributed by atoms with Gasteiger partial charge in [0.15, 0.2) is 11.6 Å². The van der Waals surface area contributed by atoms with E-state index in [2.05, 4.69) is 5.32 Å². The molecule has 1 aliphatic heterocycles. The van der Waals surface area contributed by atoms with E-state index in [9.17, 15) is 8.78 Å². The van der Waals surface area contributed by atoms with E-state index in [1.54, 1.807) is 0 Å². The first-order valence-electron chi connectivity index (χ1n) is 5.96. The van der Waals surface area contributed by atoms with E-state index in [1.807, 2.05) is 0 Å². The number of methoxy groups -OCH3 is 1. The molecule has 1 aliphatic rings. The normalized spacial score (nSPS) is 20.3. The van der Waals surface area contributed by atoms with Gasteiger partial charge in [0.05, 0.1) is 7.11 Å². The highest BCUT2D eigenvalue weighted by atomic mass is 19.2. The summed E-state index contributed by atoms with van der Waals surface area (Å²) in [6.07, 6.45) is 3.77. The van der Waals surface area contributed by atoms with Crippen molar-refractivity contribution in [1.82, 2.24) is 5.32 Å². The third kappa shape index (κ3) is 2.75. The Hall–Kier alpha value is -1.16. The number of hydrogen-bond acceptors (Lipinski definition) is 2. The number of rotatable bonds is 3. The lowest BCUT2D eigenvalue weighted by Gasteiger charge is -2.24. The smallest absolute Gasteiger partial charge is 0.165 e. The number of nitrogens with one attached hydrogen (secondary N) is 1. The van der Waals surface area contributed by atoms with Crippen LogP contribution in [0.25, 0.3) is 0 Å². The maximum atomic E-state index is 13.7. The molecular formula is C13H17F2NO. The van der Waals surface area contributed by atoms with Crippen molar-refractivity contribution < 1.29 is 13.5 Å². The molecule has 2 nitrogen and oxygen atoms in total. The van der Waals surface area contributed by atoms with E-state index in [0.29, 0.717) is 17.7 Å². The fraction of sp³-hybridized carbons (Fsp3) is 0.538. The average Bonchev–Trinajstić information content (AvgIpc) is 2.37. The van der Waals surface area contributed by atoms with E-state index in [0.717, 1.165) is 31.9 Å². The van der Waals surface area contributed by atoms with Crippen LogP contribution in [0.4, 0.5) is 8.78 Å². The van der Waals surface area contributed by atoms with Crippen LogP contribution in [0.3, 0.4) is 0 Å². The summed E-state index contributed by atoms with van der Waals surface area (Å²) in [5.41, 5.74) is 0.340. The highest BCUT2D eigenvalue weighted by Gasteiger charge is 2.20. The molecule has 0 saturated carbocycles. The molecule has 1 unspecified atom stereocenters. The zero-order valence-electron chi connectivity index (χ0n) is 9.93. The first-order chi connectivity index (χ1) is 8.22. The van der Waals surface area contributed by atoms with Gasteiger partial charge in [0.1, 0.15) is 5.75 Å². The lowest BCUT2D eigenvalue weighted by Crippen LogP contribution is -2.35. The molecule has 0 bridgehead atoms. The highest BCUT2D eigenvalue weighted by Crippen LogP contribution is 2.26. The summed E-state index contributed by atoms with van der Waals surface area (Å²) in [5, 5.41) is 3.32. The van der Waals surface area contributed by atoms with Crippen molar-refractivity contribution in [2.24, 2.45) is 0 Å². The highest BCUT2D eigenvalue weighted by molar-refractivity contribution is 5.36. The molecule has 17 heavy (non-hydrogen) atoms. The monoisotopic (exact) mass is 241 g/mol. The summed E-state index contributed by atoms with van der Waals surface area (Å²) in [4.78, 5) is 0. The van der Waals surface area contributed by atoms with Gasteiger partial charge in [-0.3, -0.25) is 0 Å². The van der Waals surface area contributed by atoms with Crippen molar-refractivity contribution >= 4 is 0 Å². The van der Waals surface area contributed by atoms with Crippen molar-refractivity contribution in [3.05, 3.63) is 29.3 Å². The van der Waals surface area contributed by atoms with Crippen LogP contribution in [0.2, 0.25) is 0 Å². The second-order valence-corrected chi connectivity index (χ2v) is 4.39. The summed E-state index contributed by atoms with van der Waals surface area (Å²) in [7, 11) is 1.48. The Morgan fingerprint density at radius 2 is 2.18 bits per heavy atom. The van der Waals surface area contributed by atoms with Crippen LogP contribution in [-0.2, 0) is 6.42 Å². The van der Waals surface area contributed by atoms with E-state index < -0.39 is 11.6 Å². The summed E-state index contributed by atoms with van der Waals surface area (Å²) in [6.45, 7) is 0.948. The molecule has 1 N–H and O–H groups in total. The number of halogens is 2. The summed E-state index contributed by atoms with van der Waals surface area (Å²) in [5.74, 6) is -1.16. The Morgan fingerprint density at radius 1 is 1.35 bits per heavy atom. The van der Waals surface area contributed by atoms with Crippen LogP contribution < -0.4 is 10.1 Å². The first-order valence-corrected chi connectivity index (χ1v) is 5.96. The molecule has 1 aromatic carbocycles. The van der Waals surface area contributed by atoms with Crippen LogP contribution >= 0.6 is 0 Å². The minimum Gasteiger partial charge on any atom is -0.496 e. The van der Waals surface area contributed by atoms with Crippen molar-refractivity contribution in [2.45, 2.75) is 31.7 Å². The Labute approximate surface area is 100.0 Å². The zero-order valence-corrected chi connectivity index (χ0v) is 9.93. The standard InChI is InChI=1S/C13H17F2NO/c1-17-12-6-5-11(14)13(15)10(12)8-9-4-2-3-7-16-9/h5-6,9,16H,2-4,7-8H2,1H3. The van der Waals surface area contributed by atoms with Crippen LogP contribution in [0.1, 0.15) is 24.8 Å². The third-order valence-electron chi connectivity index (χ3n) is 3.24. The van der Waals surface area contributed by atoms with Gasteiger partial charge < -0.3 is 10.1 Å². The number of benzene rings is 1. The summed E-state index contributed by atoms with van der Waals surface area (Å²) >= 11 is 0. The Kier molecular flexibility index (Phi) is 3.94. The second kappa shape index (κ2) is 5.45. The molecule has 0 spiro atoms. The van der Waals surface area contributed by atoms with Crippen LogP contribution in [0.5, 0.6) is 5.75 Å². The largest absolute Gasteiger partial charge is 0.496 e.